The number of H-pyrrole nitrogens is 1. The van der Waals surface area contributed by atoms with Crippen molar-refractivity contribution in [1.82, 2.24) is 20.5 Å². The van der Waals surface area contributed by atoms with Crippen molar-refractivity contribution < 1.29 is 9.53 Å². The second-order valence-corrected chi connectivity index (χ2v) is 7.21. The Hall–Kier alpha value is -2.67. The van der Waals surface area contributed by atoms with E-state index in [1.165, 1.54) is 0 Å². The summed E-state index contributed by atoms with van der Waals surface area (Å²) in [4.78, 5) is 16.6. The summed E-state index contributed by atoms with van der Waals surface area (Å²) in [5.41, 5.74) is 3.23. The number of carbonyl (C=O) groups excluding carboxylic acids is 1. The van der Waals surface area contributed by atoms with Crippen LogP contribution in [0.2, 0.25) is 0 Å². The number of pyridine rings is 1. The maximum atomic E-state index is 12.4. The molecular weight excluding hydrogens is 408 g/mol. The molecule has 0 aliphatic rings. The van der Waals surface area contributed by atoms with E-state index in [1.807, 2.05) is 56.3 Å². The van der Waals surface area contributed by atoms with Gasteiger partial charge in [-0.1, -0.05) is 44.2 Å². The molecule has 2 heterocycles. The number of carbonyl (C=O) groups is 1. The largest absolute Gasteiger partial charge is 0.473 e. The van der Waals surface area contributed by atoms with E-state index >= 15 is 0 Å². The van der Waals surface area contributed by atoms with Gasteiger partial charge in [0.15, 0.2) is 5.69 Å². The second kappa shape index (κ2) is 8.81. The molecule has 140 valence electrons. The molecule has 0 atom stereocenters. The lowest BCUT2D eigenvalue weighted by Gasteiger charge is -2.08. The Morgan fingerprint density at radius 3 is 2.70 bits per heavy atom. The molecule has 3 aromatic rings. The topological polar surface area (TPSA) is 79.9 Å². The van der Waals surface area contributed by atoms with Gasteiger partial charge >= 0.3 is 0 Å². The second-order valence-electron chi connectivity index (χ2n) is 6.41. The highest BCUT2D eigenvalue weighted by Crippen LogP contribution is 2.25. The van der Waals surface area contributed by atoms with E-state index in [0.29, 0.717) is 29.2 Å². The van der Waals surface area contributed by atoms with Crippen LogP contribution in [0.4, 0.5) is 0 Å². The van der Waals surface area contributed by atoms with E-state index in [0.717, 1.165) is 16.8 Å². The Labute approximate surface area is 166 Å². The van der Waals surface area contributed by atoms with Crippen molar-refractivity contribution in [2.45, 2.75) is 32.9 Å². The van der Waals surface area contributed by atoms with Crippen LogP contribution in [0.25, 0.3) is 0 Å². The Kier molecular flexibility index (Phi) is 6.24. The molecule has 0 spiro atoms. The van der Waals surface area contributed by atoms with E-state index < -0.39 is 0 Å². The van der Waals surface area contributed by atoms with Gasteiger partial charge in [0.05, 0.1) is 10.2 Å². The fourth-order valence-corrected chi connectivity index (χ4v) is 3.33. The molecule has 27 heavy (non-hydrogen) atoms. The van der Waals surface area contributed by atoms with Gasteiger partial charge in [0.1, 0.15) is 6.61 Å². The third-order valence-electron chi connectivity index (χ3n) is 4.01. The van der Waals surface area contributed by atoms with E-state index in [-0.39, 0.29) is 11.8 Å². The van der Waals surface area contributed by atoms with Gasteiger partial charge in [-0.2, -0.15) is 5.10 Å². The number of aromatic nitrogens is 3. The van der Waals surface area contributed by atoms with Crippen LogP contribution in [-0.4, -0.2) is 21.1 Å². The van der Waals surface area contributed by atoms with Gasteiger partial charge < -0.3 is 10.1 Å². The molecule has 3 rings (SSSR count). The van der Waals surface area contributed by atoms with Crippen molar-refractivity contribution in [2.75, 3.05) is 0 Å². The fourth-order valence-electron chi connectivity index (χ4n) is 2.51. The lowest BCUT2D eigenvalue weighted by Crippen LogP contribution is -2.23. The molecule has 0 bridgehead atoms. The highest BCUT2D eigenvalue weighted by molar-refractivity contribution is 9.10. The maximum Gasteiger partial charge on any atom is 0.273 e. The molecule has 6 nitrogen and oxygen atoms in total. The van der Waals surface area contributed by atoms with Crippen LogP contribution in [0, 0.1) is 0 Å². The van der Waals surface area contributed by atoms with Gasteiger partial charge in [-0.15, -0.1) is 0 Å². The third-order valence-corrected chi connectivity index (χ3v) is 4.81. The van der Waals surface area contributed by atoms with Gasteiger partial charge in [0.2, 0.25) is 5.88 Å². The molecule has 0 saturated heterocycles. The number of amides is 1. The zero-order valence-corrected chi connectivity index (χ0v) is 16.8. The zero-order chi connectivity index (χ0) is 19.2. The average Bonchev–Trinajstić information content (AvgIpc) is 3.07. The Morgan fingerprint density at radius 1 is 1.22 bits per heavy atom. The minimum atomic E-state index is -0.242. The number of hydrogen-bond donors (Lipinski definition) is 2. The predicted octanol–water partition coefficient (Wildman–Crippen LogP) is 4.20. The number of hydrogen-bond acceptors (Lipinski definition) is 4. The fraction of sp³-hybridized carbons (Fsp3) is 0.250. The monoisotopic (exact) mass is 428 g/mol. The predicted molar refractivity (Wildman–Crippen MR) is 107 cm³/mol. The molecule has 0 aliphatic carbocycles. The summed E-state index contributed by atoms with van der Waals surface area (Å²) in [6, 6.07) is 13.6. The molecule has 1 amide bonds. The lowest BCUT2D eigenvalue weighted by atomic mass is 10.1. The Bertz CT molecular complexity index is 909. The third kappa shape index (κ3) is 4.95. The molecular formula is C20H21BrN4O2. The molecule has 0 radical (unpaired) electrons. The summed E-state index contributed by atoms with van der Waals surface area (Å²) in [6.07, 6.45) is 1.67. The van der Waals surface area contributed by atoms with Crippen molar-refractivity contribution in [1.29, 1.82) is 0 Å². The minimum Gasteiger partial charge on any atom is -0.473 e. The van der Waals surface area contributed by atoms with Gasteiger partial charge in [0, 0.05) is 18.8 Å². The minimum absolute atomic E-state index is 0.242. The molecule has 0 unspecified atom stereocenters. The zero-order valence-electron chi connectivity index (χ0n) is 15.2. The molecule has 2 N–H and O–H groups in total. The van der Waals surface area contributed by atoms with Crippen LogP contribution in [0.5, 0.6) is 5.88 Å². The van der Waals surface area contributed by atoms with Crippen LogP contribution < -0.4 is 10.1 Å². The number of halogens is 1. The van der Waals surface area contributed by atoms with E-state index in [2.05, 4.69) is 36.4 Å². The SMILES string of the molecule is CC(C)c1[nH]nc(C(=O)NCc2ccnc(OCc3ccccc3)c2)c1Br. The maximum absolute atomic E-state index is 12.4. The van der Waals surface area contributed by atoms with Crippen LogP contribution in [0.3, 0.4) is 0 Å². The van der Waals surface area contributed by atoms with Crippen molar-refractivity contribution in [3.8, 4) is 5.88 Å². The molecule has 1 aromatic carbocycles. The number of benzene rings is 1. The molecule has 0 aliphatic heterocycles. The van der Waals surface area contributed by atoms with Crippen LogP contribution in [0.15, 0.2) is 53.1 Å². The average molecular weight is 429 g/mol. The number of aromatic amines is 1. The van der Waals surface area contributed by atoms with Crippen molar-refractivity contribution in [3.63, 3.8) is 0 Å². The van der Waals surface area contributed by atoms with E-state index in [1.54, 1.807) is 6.20 Å². The molecule has 0 fully saturated rings. The summed E-state index contributed by atoms with van der Waals surface area (Å²) < 4.78 is 6.43. The van der Waals surface area contributed by atoms with Crippen molar-refractivity contribution in [2.24, 2.45) is 0 Å². The molecule has 2 aromatic heterocycles. The smallest absolute Gasteiger partial charge is 0.273 e. The first-order chi connectivity index (χ1) is 13.0. The first kappa shape index (κ1) is 19.1. The standard InChI is InChI=1S/C20H21BrN4O2/c1-13(2)18-17(21)19(25-24-18)20(26)23-11-15-8-9-22-16(10-15)27-12-14-6-4-3-5-7-14/h3-10,13H,11-12H2,1-2H3,(H,23,26)(H,24,25). The first-order valence-corrected chi connectivity index (χ1v) is 9.47. The van der Waals surface area contributed by atoms with Gasteiger partial charge in [-0.25, -0.2) is 4.98 Å². The number of ether oxygens (including phenoxy) is 1. The van der Waals surface area contributed by atoms with E-state index in [9.17, 15) is 4.79 Å². The summed E-state index contributed by atoms with van der Waals surface area (Å²) in [6.45, 7) is 4.88. The van der Waals surface area contributed by atoms with Crippen LogP contribution in [0.1, 0.15) is 47.1 Å². The summed E-state index contributed by atoms with van der Waals surface area (Å²) in [5.74, 6) is 0.528. The summed E-state index contributed by atoms with van der Waals surface area (Å²) in [5, 5.41) is 9.89. The van der Waals surface area contributed by atoms with Gasteiger partial charge in [-0.05, 0) is 39.0 Å². The number of nitrogens with one attached hydrogen (secondary N) is 2. The van der Waals surface area contributed by atoms with Crippen LogP contribution >= 0.6 is 15.9 Å². The van der Waals surface area contributed by atoms with E-state index in [4.69, 9.17) is 4.74 Å². The summed E-state index contributed by atoms with van der Waals surface area (Å²) in [7, 11) is 0. The quantitative estimate of drug-likeness (QED) is 0.590. The highest BCUT2D eigenvalue weighted by atomic mass is 79.9. The first-order valence-electron chi connectivity index (χ1n) is 8.68. The van der Waals surface area contributed by atoms with Crippen LogP contribution in [-0.2, 0) is 13.2 Å². The normalized spacial score (nSPS) is 10.8. The highest BCUT2D eigenvalue weighted by Gasteiger charge is 2.19. The molecule has 7 heteroatoms. The molecule has 0 saturated carbocycles. The van der Waals surface area contributed by atoms with Gasteiger partial charge in [0.25, 0.3) is 5.91 Å². The van der Waals surface area contributed by atoms with Crippen molar-refractivity contribution >= 4 is 21.8 Å². The van der Waals surface area contributed by atoms with Crippen molar-refractivity contribution in [3.05, 3.63) is 75.6 Å². The summed E-state index contributed by atoms with van der Waals surface area (Å²) >= 11 is 3.45. The number of nitrogens with zero attached hydrogens (tertiary/aromatic N) is 2. The lowest BCUT2D eigenvalue weighted by molar-refractivity contribution is 0.0945. The number of rotatable bonds is 7. The van der Waals surface area contributed by atoms with Gasteiger partial charge in [-0.3, -0.25) is 9.89 Å². The Balaban J connectivity index is 1.59. The Morgan fingerprint density at radius 2 is 2.00 bits per heavy atom.